The third-order valence-corrected chi connectivity index (χ3v) is 5.16. The molecule has 2 aromatic carbocycles. The van der Waals surface area contributed by atoms with E-state index in [-0.39, 0.29) is 0 Å². The quantitative estimate of drug-likeness (QED) is 0.587. The van der Waals surface area contributed by atoms with Crippen molar-refractivity contribution in [3.8, 4) is 0 Å². The molecule has 0 saturated heterocycles. The average molecular weight is 402 g/mol. The molecule has 24 heavy (non-hydrogen) atoms. The van der Waals surface area contributed by atoms with E-state index in [9.17, 15) is 0 Å². The number of allylic oxidation sites excluding steroid dienone is 1. The van der Waals surface area contributed by atoms with Crippen LogP contribution < -0.4 is 0 Å². The molecule has 0 unspecified atom stereocenters. The summed E-state index contributed by atoms with van der Waals surface area (Å²) in [6.07, 6.45) is 6.34. The van der Waals surface area contributed by atoms with E-state index in [4.69, 9.17) is 4.74 Å². The van der Waals surface area contributed by atoms with E-state index < -0.39 is 0 Å². The fourth-order valence-electron chi connectivity index (χ4n) is 2.51. The molecule has 0 aromatic heterocycles. The van der Waals surface area contributed by atoms with E-state index in [1.54, 1.807) is 11.8 Å². The van der Waals surface area contributed by atoms with Crippen LogP contribution in [0.2, 0.25) is 0 Å². The smallest absolute Gasteiger partial charge is 0.133 e. The van der Waals surface area contributed by atoms with Crippen LogP contribution in [0, 0.1) is 0 Å². The molecule has 0 spiro atoms. The number of ether oxygens (including phenoxy) is 1. The monoisotopic (exact) mass is 401 g/mol. The third-order valence-electron chi connectivity index (χ3n) is 3.82. The minimum absolute atomic E-state index is 0.589. The fourth-order valence-corrected chi connectivity index (χ4v) is 3.49. The zero-order valence-corrected chi connectivity index (χ0v) is 16.0. The highest BCUT2D eigenvalue weighted by Crippen LogP contribution is 2.25. The van der Waals surface area contributed by atoms with Crippen molar-refractivity contribution < 1.29 is 4.74 Å². The lowest BCUT2D eigenvalue weighted by molar-refractivity contribution is 0.203. The van der Waals surface area contributed by atoms with Crippen molar-refractivity contribution in [1.29, 1.82) is 0 Å². The topological polar surface area (TPSA) is 12.5 Å². The van der Waals surface area contributed by atoms with Crippen LogP contribution in [-0.2, 0) is 17.9 Å². The summed E-state index contributed by atoms with van der Waals surface area (Å²) in [7, 11) is 0. The van der Waals surface area contributed by atoms with Gasteiger partial charge in [-0.2, -0.15) is 0 Å². The molecule has 0 radical (unpaired) electrons. The summed E-state index contributed by atoms with van der Waals surface area (Å²) in [6, 6.07) is 19.0. The predicted octanol–water partition coefficient (Wildman–Crippen LogP) is 5.56. The molecule has 0 atom stereocenters. The van der Waals surface area contributed by atoms with Crippen LogP contribution in [0.15, 0.2) is 82.0 Å². The molecular weight excluding hydrogens is 382 g/mol. The zero-order chi connectivity index (χ0) is 16.8. The third kappa shape index (κ3) is 4.68. The molecule has 0 N–H and O–H groups in total. The van der Waals surface area contributed by atoms with Crippen molar-refractivity contribution >= 4 is 27.7 Å². The lowest BCUT2D eigenvalue weighted by Gasteiger charge is -2.25. The summed E-state index contributed by atoms with van der Waals surface area (Å²) >= 11 is 5.40. The van der Waals surface area contributed by atoms with Gasteiger partial charge in [0.15, 0.2) is 0 Å². The first-order valence-electron chi connectivity index (χ1n) is 7.86. The molecule has 1 aliphatic heterocycles. The largest absolute Gasteiger partial charge is 0.488 e. The first kappa shape index (κ1) is 17.2. The van der Waals surface area contributed by atoms with Gasteiger partial charge in [0, 0.05) is 24.2 Å². The Morgan fingerprint density at radius 2 is 1.79 bits per heavy atom. The van der Waals surface area contributed by atoms with Crippen molar-refractivity contribution in [2.24, 2.45) is 0 Å². The first-order chi connectivity index (χ1) is 11.7. The minimum atomic E-state index is 0.589. The minimum Gasteiger partial charge on any atom is -0.488 e. The van der Waals surface area contributed by atoms with Gasteiger partial charge in [0.05, 0.1) is 4.48 Å². The Morgan fingerprint density at radius 1 is 1.04 bits per heavy atom. The molecule has 3 rings (SSSR count). The van der Waals surface area contributed by atoms with Crippen molar-refractivity contribution in [2.45, 2.75) is 18.0 Å². The van der Waals surface area contributed by atoms with Gasteiger partial charge in [-0.1, -0.05) is 42.5 Å². The molecule has 1 heterocycles. The molecule has 2 nitrogen and oxygen atoms in total. The van der Waals surface area contributed by atoms with E-state index in [1.165, 1.54) is 16.0 Å². The Kier molecular flexibility index (Phi) is 6.05. The van der Waals surface area contributed by atoms with Gasteiger partial charge in [0.25, 0.3) is 0 Å². The van der Waals surface area contributed by atoms with Gasteiger partial charge < -0.3 is 9.64 Å². The molecule has 124 valence electrons. The summed E-state index contributed by atoms with van der Waals surface area (Å²) in [4.78, 5) is 3.57. The predicted molar refractivity (Wildman–Crippen MR) is 105 cm³/mol. The van der Waals surface area contributed by atoms with Crippen LogP contribution in [0.4, 0.5) is 0 Å². The first-order valence-corrected chi connectivity index (χ1v) is 9.88. The number of rotatable bonds is 6. The fraction of sp³-hybridized carbons (Fsp3) is 0.200. The summed E-state index contributed by atoms with van der Waals surface area (Å²) < 4.78 is 6.92. The number of thioether (sulfide) groups is 1. The van der Waals surface area contributed by atoms with Gasteiger partial charge in [-0.15, -0.1) is 11.8 Å². The number of hydrogen-bond donors (Lipinski definition) is 0. The molecule has 0 fully saturated rings. The van der Waals surface area contributed by atoms with Crippen LogP contribution in [0.3, 0.4) is 0 Å². The zero-order valence-electron chi connectivity index (χ0n) is 13.6. The highest BCUT2D eigenvalue weighted by molar-refractivity contribution is 9.11. The Balaban J connectivity index is 1.56. The van der Waals surface area contributed by atoms with Crippen molar-refractivity contribution in [1.82, 2.24) is 4.90 Å². The SMILES string of the molecule is CSc1ccc(CN2C=C(Br)C(OCc3ccccc3)=CC2)cc1. The maximum atomic E-state index is 5.93. The van der Waals surface area contributed by atoms with Gasteiger partial charge in [-0.05, 0) is 51.5 Å². The van der Waals surface area contributed by atoms with E-state index in [1.807, 2.05) is 18.2 Å². The second-order valence-electron chi connectivity index (χ2n) is 5.60. The highest BCUT2D eigenvalue weighted by atomic mass is 79.9. The van der Waals surface area contributed by atoms with Crippen molar-refractivity contribution in [3.05, 3.63) is 88.2 Å². The van der Waals surface area contributed by atoms with Gasteiger partial charge in [0.1, 0.15) is 12.4 Å². The summed E-state index contributed by atoms with van der Waals surface area (Å²) in [5.41, 5.74) is 2.49. The lowest BCUT2D eigenvalue weighted by atomic mass is 10.2. The van der Waals surface area contributed by atoms with Gasteiger partial charge >= 0.3 is 0 Å². The highest BCUT2D eigenvalue weighted by Gasteiger charge is 2.13. The molecule has 4 heteroatoms. The van der Waals surface area contributed by atoms with Crippen LogP contribution in [0.5, 0.6) is 0 Å². The number of halogens is 1. The molecular formula is C20H20BrNOS. The van der Waals surface area contributed by atoms with Crippen LogP contribution in [0.25, 0.3) is 0 Å². The number of nitrogens with zero attached hydrogens (tertiary/aromatic N) is 1. The standard InChI is InChI=1S/C20H20BrNOS/c1-24-18-9-7-16(8-10-18)13-22-12-11-20(19(21)14-22)23-15-17-5-3-2-4-6-17/h2-11,14H,12-13,15H2,1H3. The van der Waals surface area contributed by atoms with Gasteiger partial charge in [-0.3, -0.25) is 0 Å². The Morgan fingerprint density at radius 3 is 2.46 bits per heavy atom. The normalized spacial score (nSPS) is 14.2. The molecule has 1 aliphatic rings. The Bertz CT molecular complexity index is 725. The molecule has 0 saturated carbocycles. The number of benzene rings is 2. The van der Waals surface area contributed by atoms with Gasteiger partial charge in [0.2, 0.25) is 0 Å². The van der Waals surface area contributed by atoms with E-state index in [0.29, 0.717) is 6.61 Å². The molecule has 2 aromatic rings. The summed E-state index contributed by atoms with van der Waals surface area (Å²) in [6.45, 7) is 2.33. The Hall–Kier alpha value is -1.65. The van der Waals surface area contributed by atoms with Crippen LogP contribution in [0.1, 0.15) is 11.1 Å². The van der Waals surface area contributed by atoms with Crippen LogP contribution >= 0.6 is 27.7 Å². The van der Waals surface area contributed by atoms with E-state index in [0.717, 1.165) is 23.3 Å². The number of hydrogen-bond acceptors (Lipinski definition) is 3. The molecule has 0 amide bonds. The maximum Gasteiger partial charge on any atom is 0.133 e. The average Bonchev–Trinajstić information content (AvgIpc) is 2.62. The van der Waals surface area contributed by atoms with Crippen LogP contribution in [-0.4, -0.2) is 17.7 Å². The van der Waals surface area contributed by atoms with Crippen molar-refractivity contribution in [2.75, 3.05) is 12.8 Å². The molecule has 0 aliphatic carbocycles. The Labute approximate surface area is 156 Å². The van der Waals surface area contributed by atoms with E-state index in [2.05, 4.69) is 75.8 Å². The second-order valence-corrected chi connectivity index (χ2v) is 7.33. The van der Waals surface area contributed by atoms with Gasteiger partial charge in [-0.25, -0.2) is 0 Å². The van der Waals surface area contributed by atoms with E-state index >= 15 is 0 Å². The second kappa shape index (κ2) is 8.45. The van der Waals surface area contributed by atoms with Crippen molar-refractivity contribution in [3.63, 3.8) is 0 Å². The summed E-state index contributed by atoms with van der Waals surface area (Å²) in [5.74, 6) is 0.910. The maximum absolute atomic E-state index is 5.93. The lowest BCUT2D eigenvalue weighted by Crippen LogP contribution is -2.21. The molecule has 0 bridgehead atoms. The summed E-state index contributed by atoms with van der Waals surface area (Å²) in [5, 5.41) is 0.